The van der Waals surface area contributed by atoms with Crippen molar-refractivity contribution in [3.8, 4) is 11.6 Å². The van der Waals surface area contributed by atoms with Crippen molar-refractivity contribution in [1.29, 1.82) is 0 Å². The molecule has 2 N–H and O–H groups in total. The predicted octanol–water partition coefficient (Wildman–Crippen LogP) is 3.35. The second-order valence-electron chi connectivity index (χ2n) is 6.29. The lowest BCUT2D eigenvalue weighted by Crippen LogP contribution is -2.38. The molecule has 1 aromatic carbocycles. The third-order valence-electron chi connectivity index (χ3n) is 4.33. The van der Waals surface area contributed by atoms with E-state index in [1.165, 1.54) is 5.56 Å². The van der Waals surface area contributed by atoms with Crippen molar-refractivity contribution in [2.24, 2.45) is 4.99 Å². The molecule has 146 valence electrons. The van der Waals surface area contributed by atoms with Gasteiger partial charge in [0.2, 0.25) is 5.88 Å². The summed E-state index contributed by atoms with van der Waals surface area (Å²) in [5.74, 6) is 2.77. The van der Waals surface area contributed by atoms with Crippen LogP contribution in [0.1, 0.15) is 37.3 Å². The molecule has 1 aromatic heterocycles. The lowest BCUT2D eigenvalue weighted by Gasteiger charge is -2.15. The molecule has 0 saturated carbocycles. The topological polar surface area (TPSA) is 67.8 Å². The van der Waals surface area contributed by atoms with E-state index in [9.17, 15) is 0 Å². The van der Waals surface area contributed by atoms with Gasteiger partial charge >= 0.3 is 0 Å². The minimum Gasteiger partial charge on any atom is -0.497 e. The molecule has 27 heavy (non-hydrogen) atoms. The van der Waals surface area contributed by atoms with Gasteiger partial charge in [0.25, 0.3) is 0 Å². The number of nitrogens with zero attached hydrogens (tertiary/aromatic N) is 2. The smallest absolute Gasteiger partial charge is 0.212 e. The SMILES string of the molecule is CCNC(=NCc1ccc(OC)nc1)NCCC(C)c1ccc(OC)cc1. The highest BCUT2D eigenvalue weighted by molar-refractivity contribution is 5.79. The summed E-state index contributed by atoms with van der Waals surface area (Å²) in [6.07, 6.45) is 2.80. The summed E-state index contributed by atoms with van der Waals surface area (Å²) in [6, 6.07) is 12.1. The third-order valence-corrected chi connectivity index (χ3v) is 4.33. The van der Waals surface area contributed by atoms with Crippen LogP contribution in [0, 0.1) is 0 Å². The van der Waals surface area contributed by atoms with Crippen LogP contribution in [0.2, 0.25) is 0 Å². The molecule has 0 bridgehead atoms. The van der Waals surface area contributed by atoms with Gasteiger partial charge < -0.3 is 20.1 Å². The van der Waals surface area contributed by atoms with E-state index in [0.717, 1.165) is 36.8 Å². The minimum absolute atomic E-state index is 0.456. The molecule has 0 saturated heterocycles. The highest BCUT2D eigenvalue weighted by Gasteiger charge is 2.06. The van der Waals surface area contributed by atoms with Gasteiger partial charge in [-0.05, 0) is 42.5 Å². The van der Waals surface area contributed by atoms with Crippen LogP contribution in [-0.2, 0) is 6.54 Å². The Kier molecular flexibility index (Phi) is 8.42. The quantitative estimate of drug-likeness (QED) is 0.523. The maximum Gasteiger partial charge on any atom is 0.212 e. The van der Waals surface area contributed by atoms with Gasteiger partial charge in [0.15, 0.2) is 5.96 Å². The van der Waals surface area contributed by atoms with E-state index < -0.39 is 0 Å². The fourth-order valence-electron chi connectivity index (χ4n) is 2.64. The summed E-state index contributed by atoms with van der Waals surface area (Å²) in [6.45, 7) is 6.53. The Hall–Kier alpha value is -2.76. The van der Waals surface area contributed by atoms with Crippen molar-refractivity contribution in [2.45, 2.75) is 32.7 Å². The number of ether oxygens (including phenoxy) is 2. The van der Waals surface area contributed by atoms with E-state index in [1.54, 1.807) is 20.4 Å². The normalized spacial score (nSPS) is 12.4. The lowest BCUT2D eigenvalue weighted by atomic mass is 9.98. The summed E-state index contributed by atoms with van der Waals surface area (Å²) >= 11 is 0. The van der Waals surface area contributed by atoms with Crippen molar-refractivity contribution in [2.75, 3.05) is 27.3 Å². The Morgan fingerprint density at radius 1 is 1.07 bits per heavy atom. The standard InChI is InChI=1S/C21H30N4O2/c1-5-22-21(25-15-17-6-11-20(27-4)24-14-17)23-13-12-16(2)18-7-9-19(26-3)10-8-18/h6-11,14,16H,5,12-13,15H2,1-4H3,(H2,22,23,25). The van der Waals surface area contributed by atoms with Crippen molar-refractivity contribution in [1.82, 2.24) is 15.6 Å². The molecule has 0 aliphatic carbocycles. The van der Waals surface area contributed by atoms with Crippen LogP contribution in [0.3, 0.4) is 0 Å². The molecule has 0 spiro atoms. The van der Waals surface area contributed by atoms with Gasteiger partial charge in [-0.25, -0.2) is 9.98 Å². The molecular weight excluding hydrogens is 340 g/mol. The number of pyridine rings is 1. The van der Waals surface area contributed by atoms with Crippen LogP contribution in [0.4, 0.5) is 0 Å². The fraction of sp³-hybridized carbons (Fsp3) is 0.429. The van der Waals surface area contributed by atoms with Crippen LogP contribution in [0.15, 0.2) is 47.6 Å². The lowest BCUT2D eigenvalue weighted by molar-refractivity contribution is 0.397. The van der Waals surface area contributed by atoms with Gasteiger partial charge in [-0.15, -0.1) is 0 Å². The number of rotatable bonds is 9. The van der Waals surface area contributed by atoms with Gasteiger partial charge in [-0.1, -0.05) is 25.1 Å². The third kappa shape index (κ3) is 6.81. The average molecular weight is 370 g/mol. The molecule has 0 amide bonds. The van der Waals surface area contributed by atoms with E-state index in [0.29, 0.717) is 18.3 Å². The van der Waals surface area contributed by atoms with Crippen LogP contribution in [-0.4, -0.2) is 38.3 Å². The van der Waals surface area contributed by atoms with Gasteiger partial charge in [-0.2, -0.15) is 0 Å². The molecule has 1 unspecified atom stereocenters. The molecule has 1 heterocycles. The van der Waals surface area contributed by atoms with Crippen LogP contribution < -0.4 is 20.1 Å². The van der Waals surface area contributed by atoms with Crippen molar-refractivity contribution in [3.63, 3.8) is 0 Å². The largest absolute Gasteiger partial charge is 0.497 e. The van der Waals surface area contributed by atoms with Crippen LogP contribution >= 0.6 is 0 Å². The van der Waals surface area contributed by atoms with E-state index in [1.807, 2.05) is 24.3 Å². The molecule has 0 aliphatic heterocycles. The van der Waals surface area contributed by atoms with Crippen LogP contribution in [0.25, 0.3) is 0 Å². The Bertz CT molecular complexity index is 699. The van der Waals surface area contributed by atoms with Crippen molar-refractivity contribution in [3.05, 3.63) is 53.7 Å². The van der Waals surface area contributed by atoms with Crippen molar-refractivity contribution >= 4 is 5.96 Å². The summed E-state index contributed by atoms with van der Waals surface area (Å²) in [4.78, 5) is 8.84. The van der Waals surface area contributed by atoms with E-state index in [4.69, 9.17) is 9.47 Å². The molecule has 1 atom stereocenters. The first kappa shape index (κ1) is 20.6. The van der Waals surface area contributed by atoms with Gasteiger partial charge in [0.05, 0.1) is 20.8 Å². The highest BCUT2D eigenvalue weighted by atomic mass is 16.5. The molecule has 6 nitrogen and oxygen atoms in total. The number of methoxy groups -OCH3 is 2. The molecule has 0 aliphatic rings. The molecular formula is C21H30N4O2. The molecule has 2 rings (SSSR count). The minimum atomic E-state index is 0.456. The monoisotopic (exact) mass is 370 g/mol. The maximum atomic E-state index is 5.22. The molecule has 6 heteroatoms. The first-order chi connectivity index (χ1) is 13.2. The summed E-state index contributed by atoms with van der Waals surface area (Å²) in [7, 11) is 3.30. The number of nitrogens with one attached hydrogen (secondary N) is 2. The second-order valence-corrected chi connectivity index (χ2v) is 6.29. The van der Waals surface area contributed by atoms with E-state index >= 15 is 0 Å². The zero-order valence-corrected chi connectivity index (χ0v) is 16.7. The maximum absolute atomic E-state index is 5.22. The molecule has 0 radical (unpaired) electrons. The number of aromatic nitrogens is 1. The summed E-state index contributed by atoms with van der Waals surface area (Å²) in [5, 5.41) is 6.69. The van der Waals surface area contributed by atoms with E-state index in [-0.39, 0.29) is 0 Å². The summed E-state index contributed by atoms with van der Waals surface area (Å²) < 4.78 is 10.3. The van der Waals surface area contributed by atoms with Gasteiger partial charge in [-0.3, -0.25) is 0 Å². The number of aliphatic imine (C=N–C) groups is 1. The second kappa shape index (κ2) is 11.1. The summed E-state index contributed by atoms with van der Waals surface area (Å²) in [5.41, 5.74) is 2.35. The first-order valence-corrected chi connectivity index (χ1v) is 9.31. The Morgan fingerprint density at radius 2 is 1.85 bits per heavy atom. The number of hydrogen-bond donors (Lipinski definition) is 2. The highest BCUT2D eigenvalue weighted by Crippen LogP contribution is 2.21. The molecule has 0 fully saturated rings. The number of benzene rings is 1. The predicted molar refractivity (Wildman–Crippen MR) is 110 cm³/mol. The fourth-order valence-corrected chi connectivity index (χ4v) is 2.64. The average Bonchev–Trinajstić information content (AvgIpc) is 2.72. The van der Waals surface area contributed by atoms with E-state index in [2.05, 4.69) is 46.6 Å². The van der Waals surface area contributed by atoms with Crippen molar-refractivity contribution < 1.29 is 9.47 Å². The Morgan fingerprint density at radius 3 is 2.44 bits per heavy atom. The number of guanidine groups is 1. The number of hydrogen-bond acceptors (Lipinski definition) is 4. The van der Waals surface area contributed by atoms with Crippen LogP contribution in [0.5, 0.6) is 11.6 Å². The zero-order chi connectivity index (χ0) is 19.5. The Balaban J connectivity index is 1.84. The van der Waals surface area contributed by atoms with Gasteiger partial charge in [0.1, 0.15) is 5.75 Å². The van der Waals surface area contributed by atoms with Gasteiger partial charge in [0, 0.05) is 25.4 Å². The zero-order valence-electron chi connectivity index (χ0n) is 16.7. The Labute approximate surface area is 162 Å². The molecule has 2 aromatic rings. The first-order valence-electron chi connectivity index (χ1n) is 9.31.